The van der Waals surface area contributed by atoms with E-state index in [0.717, 1.165) is 0 Å². The molecule has 124 valence electrons. The number of carbonyl (C=O) groups is 2. The van der Waals surface area contributed by atoms with Crippen molar-refractivity contribution in [1.82, 2.24) is 4.57 Å². The smallest absolute Gasteiger partial charge is 0.418 e. The van der Waals surface area contributed by atoms with Crippen molar-refractivity contribution < 1.29 is 24.5 Å². The average Bonchev–Trinajstić information content (AvgIpc) is 2.86. The lowest BCUT2D eigenvalue weighted by molar-refractivity contribution is -0.131. The van der Waals surface area contributed by atoms with E-state index in [-0.39, 0.29) is 0 Å². The Bertz CT molecular complexity index is 744. The summed E-state index contributed by atoms with van der Waals surface area (Å²) in [5.41, 5.74) is 5.27. The lowest BCUT2D eigenvalue weighted by Crippen LogP contribution is -2.33. The van der Waals surface area contributed by atoms with Gasteiger partial charge in [-0.15, -0.1) is 0 Å². The van der Waals surface area contributed by atoms with Gasteiger partial charge in [0.25, 0.3) is 0 Å². The van der Waals surface area contributed by atoms with Gasteiger partial charge in [-0.05, 0) is 44.5 Å². The molecule has 7 heteroatoms. The monoisotopic (exact) mass is 320 g/mol. The molecule has 1 heterocycles. The topological polar surface area (TPSA) is 115 Å². The summed E-state index contributed by atoms with van der Waals surface area (Å²) < 4.78 is 6.66. The van der Waals surface area contributed by atoms with E-state index in [4.69, 9.17) is 10.5 Å². The van der Waals surface area contributed by atoms with Crippen LogP contribution in [0.2, 0.25) is 0 Å². The zero-order valence-electron chi connectivity index (χ0n) is 13.2. The fraction of sp³-hybridized carbons (Fsp3) is 0.375. The number of ether oxygens (including phenoxy) is 1. The maximum Gasteiger partial charge on any atom is 0.418 e. The van der Waals surface area contributed by atoms with Crippen molar-refractivity contribution in [3.8, 4) is 0 Å². The zero-order chi connectivity index (χ0) is 17.4. The third kappa shape index (κ3) is 3.69. The predicted octanol–water partition coefficient (Wildman–Crippen LogP) is 1.30. The summed E-state index contributed by atoms with van der Waals surface area (Å²) in [6, 6.07) is 6.37. The molecule has 0 fully saturated rings. The highest BCUT2D eigenvalue weighted by Gasteiger charge is 2.24. The van der Waals surface area contributed by atoms with Gasteiger partial charge in [0.05, 0.1) is 5.52 Å². The normalized spacial score (nSPS) is 14.5. The van der Waals surface area contributed by atoms with Crippen molar-refractivity contribution in [3.05, 3.63) is 36.0 Å². The van der Waals surface area contributed by atoms with Crippen molar-refractivity contribution in [2.75, 3.05) is 0 Å². The summed E-state index contributed by atoms with van der Waals surface area (Å²) in [6.07, 6.45) is -2.08. The Kier molecular flexibility index (Phi) is 4.44. The molecule has 0 spiro atoms. The molecule has 2 rings (SSSR count). The van der Waals surface area contributed by atoms with Gasteiger partial charge in [0.15, 0.2) is 6.10 Å². The highest BCUT2D eigenvalue weighted by molar-refractivity contribution is 5.90. The van der Waals surface area contributed by atoms with Crippen molar-refractivity contribution >= 4 is 22.9 Å². The molecule has 0 aliphatic rings. The van der Waals surface area contributed by atoms with Crippen LogP contribution in [0.15, 0.2) is 30.5 Å². The Morgan fingerprint density at radius 1 is 1.22 bits per heavy atom. The third-order valence-electron chi connectivity index (χ3n) is 3.24. The van der Waals surface area contributed by atoms with Crippen LogP contribution in [-0.4, -0.2) is 38.5 Å². The molecular weight excluding hydrogens is 300 g/mol. The van der Waals surface area contributed by atoms with E-state index >= 15 is 0 Å². The quantitative estimate of drug-likeness (QED) is 0.788. The van der Waals surface area contributed by atoms with Gasteiger partial charge >= 0.3 is 6.09 Å². The minimum atomic E-state index is -1.69. The number of hydrogen-bond acceptors (Lipinski definition) is 5. The first-order valence-corrected chi connectivity index (χ1v) is 7.10. The van der Waals surface area contributed by atoms with Gasteiger partial charge < -0.3 is 20.7 Å². The van der Waals surface area contributed by atoms with E-state index in [2.05, 4.69) is 0 Å². The molecule has 2 atom stereocenters. The molecule has 4 N–H and O–H groups in total. The van der Waals surface area contributed by atoms with Gasteiger partial charge in [-0.1, -0.05) is 6.07 Å². The Morgan fingerprint density at radius 3 is 2.43 bits per heavy atom. The van der Waals surface area contributed by atoms with Crippen molar-refractivity contribution in [2.45, 2.75) is 38.6 Å². The first kappa shape index (κ1) is 17.0. The van der Waals surface area contributed by atoms with Crippen LogP contribution in [0.1, 0.15) is 32.4 Å². The van der Waals surface area contributed by atoms with E-state index in [1.54, 1.807) is 45.2 Å². The number of hydrogen-bond donors (Lipinski definition) is 3. The number of rotatable bonds is 3. The number of primary amides is 1. The number of nitrogens with zero attached hydrogens (tertiary/aromatic N) is 1. The van der Waals surface area contributed by atoms with Gasteiger partial charge in [-0.25, -0.2) is 4.79 Å². The van der Waals surface area contributed by atoms with E-state index in [1.807, 2.05) is 0 Å². The number of nitrogens with two attached hydrogens (primary N) is 1. The Morgan fingerprint density at radius 2 is 1.87 bits per heavy atom. The highest BCUT2D eigenvalue weighted by atomic mass is 16.6. The van der Waals surface area contributed by atoms with Crippen LogP contribution in [0, 0.1) is 0 Å². The molecular formula is C16H20N2O5. The molecule has 0 radical (unpaired) electrons. The van der Waals surface area contributed by atoms with Crippen LogP contribution in [0.25, 0.3) is 10.9 Å². The molecule has 1 aromatic heterocycles. The average molecular weight is 320 g/mol. The molecule has 1 aromatic carbocycles. The van der Waals surface area contributed by atoms with Gasteiger partial charge in [0.2, 0.25) is 5.91 Å². The first-order chi connectivity index (χ1) is 10.6. The maximum atomic E-state index is 12.1. The lowest BCUT2D eigenvalue weighted by Gasteiger charge is -2.20. The van der Waals surface area contributed by atoms with Gasteiger partial charge in [-0.2, -0.15) is 0 Å². The lowest BCUT2D eigenvalue weighted by atomic mass is 10.0. The summed E-state index contributed by atoms with van der Waals surface area (Å²) in [4.78, 5) is 23.1. The first-order valence-electron chi connectivity index (χ1n) is 7.10. The summed E-state index contributed by atoms with van der Waals surface area (Å²) >= 11 is 0. The largest absolute Gasteiger partial charge is 0.443 e. The second-order valence-corrected chi connectivity index (χ2v) is 6.28. The van der Waals surface area contributed by atoms with Gasteiger partial charge in [-0.3, -0.25) is 9.36 Å². The fourth-order valence-corrected chi connectivity index (χ4v) is 2.15. The maximum absolute atomic E-state index is 12.1. The number of benzene rings is 1. The van der Waals surface area contributed by atoms with Crippen molar-refractivity contribution in [1.29, 1.82) is 0 Å². The number of aliphatic hydroxyl groups is 2. The van der Waals surface area contributed by atoms with Crippen LogP contribution in [0.3, 0.4) is 0 Å². The molecule has 0 bridgehead atoms. The van der Waals surface area contributed by atoms with Crippen LogP contribution in [-0.2, 0) is 9.53 Å². The Balaban J connectivity index is 2.34. The number of aromatic nitrogens is 1. The molecule has 0 saturated carbocycles. The Labute approximate surface area is 133 Å². The molecule has 23 heavy (non-hydrogen) atoms. The van der Waals surface area contributed by atoms with Gasteiger partial charge in [0, 0.05) is 11.6 Å². The van der Waals surface area contributed by atoms with E-state index < -0.39 is 29.8 Å². The van der Waals surface area contributed by atoms with Crippen LogP contribution < -0.4 is 5.73 Å². The molecule has 0 aliphatic heterocycles. The van der Waals surface area contributed by atoms with Crippen molar-refractivity contribution in [3.63, 3.8) is 0 Å². The van der Waals surface area contributed by atoms with E-state index in [9.17, 15) is 19.8 Å². The minimum Gasteiger partial charge on any atom is -0.443 e. The highest BCUT2D eigenvalue weighted by Crippen LogP contribution is 2.24. The molecule has 0 aliphatic carbocycles. The van der Waals surface area contributed by atoms with Crippen LogP contribution in [0.4, 0.5) is 4.79 Å². The number of aliphatic hydroxyl groups excluding tert-OH is 2. The Hall–Kier alpha value is -2.38. The second kappa shape index (κ2) is 6.02. The summed E-state index contributed by atoms with van der Waals surface area (Å²) in [6.45, 7) is 5.32. The standard InChI is InChI=1S/C16H20N2O5/c1-16(2,3)23-15(22)18-7-6-9-8-10(4-5-11(9)18)12(19)13(20)14(17)21/h4-8,12-13,19-20H,1-3H3,(H2,17,21). The molecule has 2 unspecified atom stereocenters. The second-order valence-electron chi connectivity index (χ2n) is 6.28. The zero-order valence-corrected chi connectivity index (χ0v) is 13.2. The molecule has 2 aromatic rings. The molecule has 1 amide bonds. The summed E-state index contributed by atoms with van der Waals surface area (Å²) in [7, 11) is 0. The van der Waals surface area contributed by atoms with Crippen LogP contribution in [0.5, 0.6) is 0 Å². The van der Waals surface area contributed by atoms with Crippen molar-refractivity contribution in [2.24, 2.45) is 5.73 Å². The number of amides is 1. The fourth-order valence-electron chi connectivity index (χ4n) is 2.15. The van der Waals surface area contributed by atoms with Gasteiger partial charge in [0.1, 0.15) is 11.7 Å². The third-order valence-corrected chi connectivity index (χ3v) is 3.24. The van der Waals surface area contributed by atoms with E-state index in [0.29, 0.717) is 16.5 Å². The summed E-state index contributed by atoms with van der Waals surface area (Å²) in [5, 5.41) is 20.1. The predicted molar refractivity (Wildman–Crippen MR) is 83.7 cm³/mol. The SMILES string of the molecule is CC(C)(C)OC(=O)n1ccc2cc(C(O)C(O)C(N)=O)ccc21. The van der Waals surface area contributed by atoms with E-state index in [1.165, 1.54) is 10.6 Å². The number of fused-ring (bicyclic) bond motifs is 1. The number of carbonyl (C=O) groups excluding carboxylic acids is 2. The minimum absolute atomic E-state index is 0.325. The molecule has 0 saturated heterocycles. The van der Waals surface area contributed by atoms with Crippen LogP contribution >= 0.6 is 0 Å². The molecule has 7 nitrogen and oxygen atoms in total. The summed E-state index contributed by atoms with van der Waals surface area (Å²) in [5.74, 6) is -1.01.